The lowest BCUT2D eigenvalue weighted by molar-refractivity contribution is -0.120. The zero-order valence-corrected chi connectivity index (χ0v) is 7.90. The molecule has 4 nitrogen and oxygen atoms in total. The third kappa shape index (κ3) is 7.18. The minimum atomic E-state index is -0.589. The van der Waals surface area contributed by atoms with Crippen LogP contribution < -0.4 is 5.73 Å². The molecule has 4 heteroatoms. The van der Waals surface area contributed by atoms with Gasteiger partial charge in [0.25, 0.3) is 0 Å². The molecule has 13 heavy (non-hydrogen) atoms. The van der Waals surface area contributed by atoms with E-state index in [4.69, 9.17) is 5.73 Å². The van der Waals surface area contributed by atoms with Crippen LogP contribution in [0.5, 0.6) is 0 Å². The van der Waals surface area contributed by atoms with Crippen LogP contribution in [-0.4, -0.2) is 24.4 Å². The molecule has 0 aliphatic carbocycles. The highest BCUT2D eigenvalue weighted by Crippen LogP contribution is 1.95. The molecular formula is C9H16N2O2. The van der Waals surface area contributed by atoms with E-state index in [1.165, 1.54) is 0 Å². The number of aldehydes is 1. The van der Waals surface area contributed by atoms with E-state index in [2.05, 4.69) is 11.9 Å². The number of unbranched alkanes of at least 4 members (excludes halogenated alkanes) is 2. The Labute approximate surface area is 78.2 Å². The second-order valence-electron chi connectivity index (χ2n) is 2.85. The summed E-state index contributed by atoms with van der Waals surface area (Å²) in [6.45, 7) is 2.08. The zero-order chi connectivity index (χ0) is 10.1. The molecule has 0 aromatic carbocycles. The number of nitrogens with two attached hydrogens (primary N) is 1. The maximum absolute atomic E-state index is 10.4. The van der Waals surface area contributed by atoms with Gasteiger partial charge in [-0.2, -0.15) is 0 Å². The molecule has 0 saturated heterocycles. The number of hydrogen-bond acceptors (Lipinski definition) is 3. The number of nitrogens with zero attached hydrogens (tertiary/aromatic N) is 1. The van der Waals surface area contributed by atoms with Crippen LogP contribution in [0.3, 0.4) is 0 Å². The Kier molecular flexibility index (Phi) is 6.78. The summed E-state index contributed by atoms with van der Waals surface area (Å²) in [6, 6.07) is -0.589. The second kappa shape index (κ2) is 7.46. The van der Waals surface area contributed by atoms with Crippen LogP contribution in [0, 0.1) is 0 Å². The molecule has 0 heterocycles. The molecule has 0 aromatic rings. The van der Waals surface area contributed by atoms with Crippen molar-refractivity contribution in [2.45, 2.75) is 38.6 Å². The highest BCUT2D eigenvalue weighted by Gasteiger charge is 2.06. The Bertz CT molecular complexity index is 190. The molecule has 1 unspecified atom stereocenters. The Hall–Kier alpha value is -1.19. The van der Waals surface area contributed by atoms with Gasteiger partial charge in [-0.25, -0.2) is 0 Å². The van der Waals surface area contributed by atoms with E-state index in [0.717, 1.165) is 19.3 Å². The van der Waals surface area contributed by atoms with Gasteiger partial charge in [-0.15, -0.1) is 0 Å². The molecule has 0 saturated carbocycles. The van der Waals surface area contributed by atoms with Gasteiger partial charge < -0.3 is 10.5 Å². The van der Waals surface area contributed by atoms with Gasteiger partial charge in [-0.05, 0) is 19.1 Å². The van der Waals surface area contributed by atoms with Crippen molar-refractivity contribution in [1.29, 1.82) is 0 Å². The summed E-state index contributed by atoms with van der Waals surface area (Å²) < 4.78 is 0. The van der Waals surface area contributed by atoms with Crippen molar-refractivity contribution in [1.82, 2.24) is 0 Å². The summed E-state index contributed by atoms with van der Waals surface area (Å²) in [5, 5.41) is 0. The highest BCUT2D eigenvalue weighted by atomic mass is 16.1. The predicted octanol–water partition coefficient (Wildman–Crippen LogP) is 0.690. The van der Waals surface area contributed by atoms with Gasteiger partial charge in [-0.3, -0.25) is 9.79 Å². The fourth-order valence-corrected chi connectivity index (χ4v) is 0.847. The molecule has 0 spiro atoms. The normalized spacial score (nSPS) is 13.0. The average Bonchev–Trinajstić information content (AvgIpc) is 2.09. The minimum absolute atomic E-state index is 0.00608. The van der Waals surface area contributed by atoms with E-state index >= 15 is 0 Å². The third-order valence-corrected chi connectivity index (χ3v) is 1.55. The molecule has 0 rings (SSSR count). The van der Waals surface area contributed by atoms with E-state index in [1.807, 2.05) is 0 Å². The van der Waals surface area contributed by atoms with Crippen LogP contribution in [-0.2, 0) is 9.59 Å². The van der Waals surface area contributed by atoms with Crippen molar-refractivity contribution in [3.8, 4) is 0 Å². The Morgan fingerprint density at radius 1 is 1.62 bits per heavy atom. The van der Waals surface area contributed by atoms with Crippen LogP contribution in [0.1, 0.15) is 32.6 Å². The molecule has 1 amide bonds. The SMILES string of the molecule is CCCC/C=N/C(C=O)CC(N)=O. The summed E-state index contributed by atoms with van der Waals surface area (Å²) in [5.41, 5.74) is 4.93. The van der Waals surface area contributed by atoms with Gasteiger partial charge in [-0.1, -0.05) is 13.3 Å². The van der Waals surface area contributed by atoms with Gasteiger partial charge >= 0.3 is 0 Å². The lowest BCUT2D eigenvalue weighted by Gasteiger charge is -1.99. The molecule has 0 aromatic heterocycles. The largest absolute Gasteiger partial charge is 0.370 e. The number of amides is 1. The molecule has 74 valence electrons. The first-order chi connectivity index (χ1) is 6.20. The van der Waals surface area contributed by atoms with E-state index in [-0.39, 0.29) is 6.42 Å². The standard InChI is InChI=1S/C9H16N2O2/c1-2-3-4-5-11-8(7-12)6-9(10)13/h5,7-8H,2-4,6H2,1H3,(H2,10,13)/b11-5+. The molecule has 2 N–H and O–H groups in total. The van der Waals surface area contributed by atoms with Gasteiger partial charge in [0.1, 0.15) is 12.3 Å². The Balaban J connectivity index is 3.75. The number of primary amides is 1. The second-order valence-corrected chi connectivity index (χ2v) is 2.85. The summed E-state index contributed by atoms with van der Waals surface area (Å²) in [4.78, 5) is 24.8. The van der Waals surface area contributed by atoms with Crippen molar-refractivity contribution < 1.29 is 9.59 Å². The first-order valence-corrected chi connectivity index (χ1v) is 4.46. The number of aliphatic imine (C=N–C) groups is 1. The van der Waals surface area contributed by atoms with Crippen LogP contribution in [0.2, 0.25) is 0 Å². The Morgan fingerprint density at radius 2 is 2.31 bits per heavy atom. The van der Waals surface area contributed by atoms with Crippen LogP contribution in [0.15, 0.2) is 4.99 Å². The number of carbonyl (C=O) groups is 2. The number of hydrogen-bond donors (Lipinski definition) is 1. The number of carbonyl (C=O) groups excluding carboxylic acids is 2. The van der Waals surface area contributed by atoms with Gasteiger partial charge in [0.2, 0.25) is 5.91 Å². The first-order valence-electron chi connectivity index (χ1n) is 4.46. The maximum atomic E-state index is 10.4. The quantitative estimate of drug-likeness (QED) is 0.359. The highest BCUT2D eigenvalue weighted by molar-refractivity contribution is 5.79. The minimum Gasteiger partial charge on any atom is -0.370 e. The van der Waals surface area contributed by atoms with Crippen molar-refractivity contribution in [3.05, 3.63) is 0 Å². The lowest BCUT2D eigenvalue weighted by atomic mass is 10.2. The maximum Gasteiger partial charge on any atom is 0.220 e. The van der Waals surface area contributed by atoms with Crippen LogP contribution in [0.4, 0.5) is 0 Å². The molecular weight excluding hydrogens is 168 g/mol. The third-order valence-electron chi connectivity index (χ3n) is 1.55. The molecule has 1 atom stereocenters. The van der Waals surface area contributed by atoms with Crippen molar-refractivity contribution >= 4 is 18.4 Å². The van der Waals surface area contributed by atoms with E-state index in [9.17, 15) is 9.59 Å². The molecule has 0 aliphatic rings. The monoisotopic (exact) mass is 184 g/mol. The van der Waals surface area contributed by atoms with Crippen molar-refractivity contribution in [3.63, 3.8) is 0 Å². The van der Waals surface area contributed by atoms with Crippen molar-refractivity contribution in [2.24, 2.45) is 10.7 Å². The average molecular weight is 184 g/mol. The molecule has 0 radical (unpaired) electrons. The zero-order valence-electron chi connectivity index (χ0n) is 7.90. The van der Waals surface area contributed by atoms with E-state index in [1.54, 1.807) is 6.21 Å². The van der Waals surface area contributed by atoms with Gasteiger partial charge in [0.15, 0.2) is 0 Å². The topological polar surface area (TPSA) is 72.5 Å². The molecule has 0 bridgehead atoms. The van der Waals surface area contributed by atoms with Crippen LogP contribution >= 0.6 is 0 Å². The fraction of sp³-hybridized carbons (Fsp3) is 0.667. The Morgan fingerprint density at radius 3 is 2.77 bits per heavy atom. The van der Waals surface area contributed by atoms with Gasteiger partial charge in [0, 0.05) is 0 Å². The summed E-state index contributed by atoms with van der Waals surface area (Å²) in [7, 11) is 0. The lowest BCUT2D eigenvalue weighted by Crippen LogP contribution is -2.19. The predicted molar refractivity (Wildman–Crippen MR) is 51.7 cm³/mol. The fourth-order valence-electron chi connectivity index (χ4n) is 0.847. The summed E-state index contributed by atoms with van der Waals surface area (Å²) in [5.74, 6) is -0.496. The van der Waals surface area contributed by atoms with E-state index in [0.29, 0.717) is 6.29 Å². The molecule has 0 fully saturated rings. The van der Waals surface area contributed by atoms with E-state index < -0.39 is 11.9 Å². The first kappa shape index (κ1) is 11.8. The van der Waals surface area contributed by atoms with Crippen molar-refractivity contribution in [2.75, 3.05) is 0 Å². The molecule has 0 aliphatic heterocycles. The smallest absolute Gasteiger partial charge is 0.220 e. The number of rotatable bonds is 7. The summed E-state index contributed by atoms with van der Waals surface area (Å²) >= 11 is 0. The van der Waals surface area contributed by atoms with Crippen LogP contribution in [0.25, 0.3) is 0 Å². The summed E-state index contributed by atoms with van der Waals surface area (Å²) in [6.07, 6.45) is 5.32. The van der Waals surface area contributed by atoms with Gasteiger partial charge in [0.05, 0.1) is 6.42 Å².